The van der Waals surface area contributed by atoms with Crippen LogP contribution >= 0.6 is 11.6 Å². The third kappa shape index (κ3) is 3.54. The van der Waals surface area contributed by atoms with Crippen LogP contribution in [0.25, 0.3) is 0 Å². The Bertz CT molecular complexity index is 1240. The van der Waals surface area contributed by atoms with Gasteiger partial charge in [0, 0.05) is 16.1 Å². The van der Waals surface area contributed by atoms with E-state index in [0.717, 1.165) is 0 Å². The van der Waals surface area contributed by atoms with Crippen LogP contribution in [0, 0.1) is 0 Å². The fourth-order valence-electron chi connectivity index (χ4n) is 3.51. The Labute approximate surface area is 187 Å². The summed E-state index contributed by atoms with van der Waals surface area (Å²) in [4.78, 5) is 26.5. The summed E-state index contributed by atoms with van der Waals surface area (Å²) in [7, 11) is 4.18. The molecule has 2 aromatic carbocycles. The molecule has 1 aliphatic rings. The standard InChI is InChI=1S/C21H18ClN5O5/c1-30-14-9-8-11(10-15(14)31-2)19(28)16-17(20(29)32-3)23-21-24-25-26-27(21)18(16)12-6-4-5-7-13(12)22/h4-10,18H,1-3H3,(H,23,24,26)/t18-/m1/s1. The van der Waals surface area contributed by atoms with Crippen LogP contribution in [0.4, 0.5) is 5.95 Å². The minimum Gasteiger partial charge on any atom is -0.493 e. The number of hydrogen-bond acceptors (Lipinski definition) is 9. The van der Waals surface area contributed by atoms with Gasteiger partial charge in [-0.3, -0.25) is 4.79 Å². The molecule has 2 heterocycles. The highest BCUT2D eigenvalue weighted by Gasteiger charge is 2.39. The number of methoxy groups -OCH3 is 3. The molecule has 10 nitrogen and oxygen atoms in total. The first-order valence-electron chi connectivity index (χ1n) is 9.38. The summed E-state index contributed by atoms with van der Waals surface area (Å²) in [6.45, 7) is 0. The van der Waals surface area contributed by atoms with Crippen LogP contribution < -0.4 is 14.8 Å². The number of tetrazole rings is 1. The van der Waals surface area contributed by atoms with Crippen molar-refractivity contribution in [3.63, 3.8) is 0 Å². The highest BCUT2D eigenvalue weighted by molar-refractivity contribution is 6.31. The van der Waals surface area contributed by atoms with Gasteiger partial charge in [-0.15, -0.1) is 0 Å². The maximum atomic E-state index is 13.8. The second-order valence-electron chi connectivity index (χ2n) is 6.68. The van der Waals surface area contributed by atoms with Gasteiger partial charge >= 0.3 is 5.97 Å². The van der Waals surface area contributed by atoms with E-state index >= 15 is 0 Å². The lowest BCUT2D eigenvalue weighted by atomic mass is 9.89. The number of Topliss-reactive ketones (excluding diaryl/α,β-unsaturated/α-hetero) is 1. The molecule has 1 N–H and O–H groups in total. The van der Waals surface area contributed by atoms with Gasteiger partial charge in [0.2, 0.25) is 5.95 Å². The Balaban J connectivity index is 1.95. The fourth-order valence-corrected chi connectivity index (χ4v) is 3.74. The van der Waals surface area contributed by atoms with Crippen LogP contribution in [-0.4, -0.2) is 53.3 Å². The van der Waals surface area contributed by atoms with Crippen LogP contribution in [0.1, 0.15) is 22.0 Å². The number of rotatable bonds is 6. The van der Waals surface area contributed by atoms with Gasteiger partial charge in [-0.1, -0.05) is 34.9 Å². The average molecular weight is 456 g/mol. The number of ether oxygens (including phenoxy) is 3. The lowest BCUT2D eigenvalue weighted by Gasteiger charge is -2.28. The molecule has 0 spiro atoms. The molecule has 1 aliphatic heterocycles. The zero-order valence-corrected chi connectivity index (χ0v) is 18.1. The van der Waals surface area contributed by atoms with Crippen molar-refractivity contribution in [3.8, 4) is 11.5 Å². The summed E-state index contributed by atoms with van der Waals surface area (Å²) < 4.78 is 16.9. The maximum Gasteiger partial charge on any atom is 0.355 e. The van der Waals surface area contributed by atoms with Gasteiger partial charge in [-0.2, -0.15) is 4.68 Å². The number of anilines is 1. The molecular formula is C21H18ClN5O5. The molecular weight excluding hydrogens is 438 g/mol. The molecule has 1 aromatic heterocycles. The SMILES string of the molecule is COC(=O)C1=C(C(=O)c2ccc(OC)c(OC)c2)[C@@H](c2ccccc2Cl)n2nnnc2N1. The Morgan fingerprint density at radius 3 is 2.50 bits per heavy atom. The number of halogens is 1. The van der Waals surface area contributed by atoms with E-state index in [1.807, 2.05) is 0 Å². The number of aromatic nitrogens is 4. The quantitative estimate of drug-likeness (QED) is 0.442. The van der Waals surface area contributed by atoms with Crippen molar-refractivity contribution in [1.82, 2.24) is 20.2 Å². The average Bonchev–Trinajstić information content (AvgIpc) is 3.30. The van der Waals surface area contributed by atoms with Crippen LogP contribution in [0.5, 0.6) is 11.5 Å². The van der Waals surface area contributed by atoms with Crippen molar-refractivity contribution in [3.05, 3.63) is 69.9 Å². The number of benzene rings is 2. The second-order valence-corrected chi connectivity index (χ2v) is 7.08. The minimum absolute atomic E-state index is 0.0666. The summed E-state index contributed by atoms with van der Waals surface area (Å²) >= 11 is 6.47. The normalized spacial score (nSPS) is 14.9. The molecule has 0 unspecified atom stereocenters. The van der Waals surface area contributed by atoms with Gasteiger partial charge < -0.3 is 19.5 Å². The molecule has 0 aliphatic carbocycles. The van der Waals surface area contributed by atoms with E-state index < -0.39 is 17.8 Å². The Kier molecular flexibility index (Phi) is 5.78. The van der Waals surface area contributed by atoms with Gasteiger partial charge in [-0.25, -0.2) is 4.79 Å². The highest BCUT2D eigenvalue weighted by atomic mass is 35.5. The Morgan fingerprint density at radius 1 is 1.06 bits per heavy atom. The monoisotopic (exact) mass is 455 g/mol. The van der Waals surface area contributed by atoms with Crippen molar-refractivity contribution >= 4 is 29.3 Å². The molecule has 32 heavy (non-hydrogen) atoms. The van der Waals surface area contributed by atoms with E-state index in [9.17, 15) is 9.59 Å². The smallest absolute Gasteiger partial charge is 0.355 e. The Hall–Kier alpha value is -3.92. The molecule has 0 radical (unpaired) electrons. The second kappa shape index (κ2) is 8.67. The van der Waals surface area contributed by atoms with Gasteiger partial charge in [0.1, 0.15) is 11.7 Å². The number of hydrogen-bond donors (Lipinski definition) is 1. The predicted octanol–water partition coefficient (Wildman–Crippen LogP) is 2.67. The summed E-state index contributed by atoms with van der Waals surface area (Å²) in [5, 5.41) is 14.8. The summed E-state index contributed by atoms with van der Waals surface area (Å²) in [5.41, 5.74) is 0.778. The minimum atomic E-state index is -0.885. The van der Waals surface area contributed by atoms with E-state index in [1.165, 1.54) is 32.1 Å². The van der Waals surface area contributed by atoms with Crippen LogP contribution in [0.2, 0.25) is 5.02 Å². The lowest BCUT2D eigenvalue weighted by molar-refractivity contribution is -0.136. The molecule has 3 aromatic rings. The maximum absolute atomic E-state index is 13.8. The zero-order chi connectivity index (χ0) is 22.8. The summed E-state index contributed by atoms with van der Waals surface area (Å²) in [6.07, 6.45) is 0. The van der Waals surface area contributed by atoms with Crippen molar-refractivity contribution < 1.29 is 23.8 Å². The highest BCUT2D eigenvalue weighted by Crippen LogP contribution is 2.40. The van der Waals surface area contributed by atoms with E-state index in [0.29, 0.717) is 22.1 Å². The number of esters is 1. The molecule has 1 atom stereocenters. The van der Waals surface area contributed by atoms with Crippen molar-refractivity contribution in [1.29, 1.82) is 0 Å². The molecule has 0 saturated heterocycles. The first-order valence-corrected chi connectivity index (χ1v) is 9.76. The summed E-state index contributed by atoms with van der Waals surface area (Å²) in [6, 6.07) is 10.8. The third-order valence-electron chi connectivity index (χ3n) is 5.00. The van der Waals surface area contributed by atoms with Crippen molar-refractivity contribution in [2.24, 2.45) is 0 Å². The van der Waals surface area contributed by atoms with E-state index in [1.54, 1.807) is 36.4 Å². The molecule has 0 bridgehead atoms. The number of allylic oxidation sites excluding steroid dienone is 1. The lowest BCUT2D eigenvalue weighted by Crippen LogP contribution is -2.33. The first-order chi connectivity index (χ1) is 15.5. The molecule has 164 valence electrons. The molecule has 4 rings (SSSR count). The van der Waals surface area contributed by atoms with Crippen LogP contribution in [0.3, 0.4) is 0 Å². The number of nitrogens with zero attached hydrogens (tertiary/aromatic N) is 4. The number of carbonyl (C=O) groups excluding carboxylic acids is 2. The topological polar surface area (TPSA) is 117 Å². The zero-order valence-electron chi connectivity index (χ0n) is 17.3. The van der Waals surface area contributed by atoms with E-state index in [-0.39, 0.29) is 22.8 Å². The van der Waals surface area contributed by atoms with E-state index in [2.05, 4.69) is 20.8 Å². The number of nitrogens with one attached hydrogen (secondary N) is 1. The van der Waals surface area contributed by atoms with Gasteiger partial charge in [0.15, 0.2) is 17.3 Å². The van der Waals surface area contributed by atoms with Crippen LogP contribution in [0.15, 0.2) is 53.7 Å². The van der Waals surface area contributed by atoms with Gasteiger partial charge in [0.25, 0.3) is 0 Å². The van der Waals surface area contributed by atoms with Crippen molar-refractivity contribution in [2.75, 3.05) is 26.6 Å². The van der Waals surface area contributed by atoms with Gasteiger partial charge in [0.05, 0.1) is 26.9 Å². The third-order valence-corrected chi connectivity index (χ3v) is 5.34. The molecule has 0 amide bonds. The molecule has 0 fully saturated rings. The predicted molar refractivity (Wildman–Crippen MR) is 114 cm³/mol. The first kappa shape index (κ1) is 21.3. The van der Waals surface area contributed by atoms with Gasteiger partial charge in [-0.05, 0) is 34.7 Å². The largest absolute Gasteiger partial charge is 0.493 e. The fraction of sp³-hybridized carbons (Fsp3) is 0.190. The number of ketones is 1. The number of fused-ring (bicyclic) bond motifs is 1. The number of carbonyl (C=O) groups is 2. The molecule has 11 heteroatoms. The van der Waals surface area contributed by atoms with Crippen molar-refractivity contribution in [2.45, 2.75) is 6.04 Å². The Morgan fingerprint density at radius 2 is 1.81 bits per heavy atom. The summed E-state index contributed by atoms with van der Waals surface area (Å²) in [5.74, 6) is -0.234. The van der Waals surface area contributed by atoms with Crippen LogP contribution in [-0.2, 0) is 9.53 Å². The molecule has 0 saturated carbocycles. The van der Waals surface area contributed by atoms with E-state index in [4.69, 9.17) is 25.8 Å².